The Balaban J connectivity index is 2.23. The molecule has 3 rings (SSSR count). The van der Waals surface area contributed by atoms with Crippen LogP contribution in [0.2, 0.25) is 0 Å². The summed E-state index contributed by atoms with van der Waals surface area (Å²) in [5.74, 6) is 0.831. The van der Waals surface area contributed by atoms with Crippen molar-refractivity contribution in [2.75, 3.05) is 0 Å². The predicted octanol–water partition coefficient (Wildman–Crippen LogP) is 2.57. The van der Waals surface area contributed by atoms with E-state index in [2.05, 4.69) is 46.1 Å². The van der Waals surface area contributed by atoms with Crippen molar-refractivity contribution < 1.29 is 0 Å². The van der Waals surface area contributed by atoms with Crippen molar-refractivity contribution in [3.8, 4) is 11.5 Å². The Morgan fingerprint density at radius 3 is 2.69 bits per heavy atom. The van der Waals surface area contributed by atoms with Crippen LogP contribution >= 0.6 is 0 Å². The van der Waals surface area contributed by atoms with Crippen LogP contribution in [-0.2, 0) is 0 Å². The van der Waals surface area contributed by atoms with Gasteiger partial charge in [-0.25, -0.2) is 4.98 Å². The van der Waals surface area contributed by atoms with Crippen LogP contribution < -0.4 is 0 Å². The zero-order valence-corrected chi connectivity index (χ0v) is 9.20. The van der Waals surface area contributed by atoms with Crippen LogP contribution in [0.15, 0.2) is 24.4 Å². The molecule has 4 nitrogen and oxygen atoms in total. The monoisotopic (exact) mass is 212 g/mol. The topological polar surface area (TPSA) is 57.4 Å². The highest BCUT2D eigenvalue weighted by Gasteiger charge is 2.07. The molecule has 0 bridgehead atoms. The summed E-state index contributed by atoms with van der Waals surface area (Å²) in [4.78, 5) is 7.81. The van der Waals surface area contributed by atoms with E-state index in [-0.39, 0.29) is 0 Å². The molecule has 0 saturated carbocycles. The summed E-state index contributed by atoms with van der Waals surface area (Å²) >= 11 is 0. The molecular weight excluding hydrogens is 200 g/mol. The van der Waals surface area contributed by atoms with Crippen molar-refractivity contribution in [2.45, 2.75) is 13.8 Å². The zero-order chi connectivity index (χ0) is 11.1. The molecule has 0 aliphatic rings. The number of aromatic amines is 2. The molecule has 0 radical (unpaired) electrons. The van der Waals surface area contributed by atoms with Gasteiger partial charge in [0.25, 0.3) is 0 Å². The lowest BCUT2D eigenvalue weighted by Crippen LogP contribution is -1.79. The summed E-state index contributed by atoms with van der Waals surface area (Å²) in [7, 11) is 0. The molecule has 2 N–H and O–H groups in total. The first-order valence-electron chi connectivity index (χ1n) is 5.21. The van der Waals surface area contributed by atoms with Gasteiger partial charge in [0.1, 0.15) is 5.69 Å². The summed E-state index contributed by atoms with van der Waals surface area (Å²) in [5.41, 5.74) is 5.49. The summed E-state index contributed by atoms with van der Waals surface area (Å²) < 4.78 is 0. The predicted molar refractivity (Wildman–Crippen MR) is 63.1 cm³/mol. The number of hydrogen-bond donors (Lipinski definition) is 2. The molecule has 0 spiro atoms. The first kappa shape index (κ1) is 9.15. The Morgan fingerprint density at radius 2 is 1.94 bits per heavy atom. The van der Waals surface area contributed by atoms with Crippen LogP contribution in [0.5, 0.6) is 0 Å². The highest BCUT2D eigenvalue weighted by molar-refractivity contribution is 5.80. The smallest absolute Gasteiger partial charge is 0.156 e. The number of imidazole rings is 1. The van der Waals surface area contributed by atoms with E-state index in [9.17, 15) is 0 Å². The molecule has 4 heteroatoms. The number of nitrogens with one attached hydrogen (secondary N) is 2. The van der Waals surface area contributed by atoms with Gasteiger partial charge in [0.05, 0.1) is 11.0 Å². The minimum absolute atomic E-state index is 0.831. The number of rotatable bonds is 1. The van der Waals surface area contributed by atoms with E-state index >= 15 is 0 Å². The van der Waals surface area contributed by atoms with Gasteiger partial charge in [-0.15, -0.1) is 0 Å². The number of fused-ring (bicyclic) bond motifs is 1. The lowest BCUT2D eigenvalue weighted by atomic mass is 10.1. The number of nitrogens with zero attached hydrogens (tertiary/aromatic N) is 2. The Morgan fingerprint density at radius 1 is 1.12 bits per heavy atom. The van der Waals surface area contributed by atoms with Crippen molar-refractivity contribution in [2.24, 2.45) is 0 Å². The Bertz CT molecular complexity index is 595. The number of aryl methyl sites for hydroxylation is 2. The Kier molecular flexibility index (Phi) is 1.83. The third kappa shape index (κ3) is 1.31. The van der Waals surface area contributed by atoms with Gasteiger partial charge in [-0.2, -0.15) is 5.10 Å². The summed E-state index contributed by atoms with van der Waals surface area (Å²) in [6, 6.07) is 6.12. The van der Waals surface area contributed by atoms with E-state index in [1.54, 1.807) is 6.20 Å². The van der Waals surface area contributed by atoms with E-state index in [0.717, 1.165) is 22.6 Å². The van der Waals surface area contributed by atoms with Gasteiger partial charge in [-0.1, -0.05) is 0 Å². The molecule has 2 aromatic heterocycles. The molecule has 0 atom stereocenters. The zero-order valence-electron chi connectivity index (χ0n) is 9.20. The first-order valence-corrected chi connectivity index (χ1v) is 5.21. The number of benzene rings is 1. The van der Waals surface area contributed by atoms with Gasteiger partial charge in [-0.05, 0) is 43.2 Å². The first-order chi connectivity index (χ1) is 7.74. The molecule has 0 saturated heterocycles. The quantitative estimate of drug-likeness (QED) is 0.651. The largest absolute Gasteiger partial charge is 0.337 e. The van der Waals surface area contributed by atoms with Gasteiger partial charge in [0.15, 0.2) is 5.82 Å². The molecule has 0 unspecified atom stereocenters. The maximum Gasteiger partial charge on any atom is 0.156 e. The second-order valence-corrected chi connectivity index (χ2v) is 4.01. The second-order valence-electron chi connectivity index (χ2n) is 4.01. The highest BCUT2D eigenvalue weighted by atomic mass is 15.1. The fourth-order valence-corrected chi connectivity index (χ4v) is 1.78. The number of hydrogen-bond acceptors (Lipinski definition) is 2. The minimum atomic E-state index is 0.831. The van der Waals surface area contributed by atoms with Crippen LogP contribution in [0.4, 0.5) is 0 Å². The van der Waals surface area contributed by atoms with Gasteiger partial charge in [0.2, 0.25) is 0 Å². The fraction of sp³-hybridized carbons (Fsp3) is 0.167. The van der Waals surface area contributed by atoms with Crippen LogP contribution in [0.3, 0.4) is 0 Å². The molecule has 3 aromatic rings. The summed E-state index contributed by atoms with van der Waals surface area (Å²) in [6.07, 6.45) is 1.72. The van der Waals surface area contributed by atoms with Crippen molar-refractivity contribution in [1.82, 2.24) is 20.2 Å². The number of H-pyrrole nitrogens is 2. The lowest BCUT2D eigenvalue weighted by molar-refractivity contribution is 1.08. The molecule has 0 amide bonds. The lowest BCUT2D eigenvalue weighted by Gasteiger charge is -1.97. The molecular formula is C12H12N4. The maximum absolute atomic E-state index is 4.53. The molecule has 1 aromatic carbocycles. The highest BCUT2D eigenvalue weighted by Crippen LogP contribution is 2.21. The van der Waals surface area contributed by atoms with E-state index in [4.69, 9.17) is 0 Å². The Labute approximate surface area is 92.7 Å². The number of aromatic nitrogens is 4. The molecule has 2 heterocycles. The summed E-state index contributed by atoms with van der Waals surface area (Å²) in [5, 5.41) is 6.82. The van der Waals surface area contributed by atoms with Crippen molar-refractivity contribution in [3.63, 3.8) is 0 Å². The summed E-state index contributed by atoms with van der Waals surface area (Å²) in [6.45, 7) is 4.20. The average molecular weight is 212 g/mol. The van der Waals surface area contributed by atoms with E-state index in [1.807, 2.05) is 6.07 Å². The third-order valence-corrected chi connectivity index (χ3v) is 2.85. The Hall–Kier alpha value is -2.10. The van der Waals surface area contributed by atoms with Crippen molar-refractivity contribution in [1.29, 1.82) is 0 Å². The molecule has 0 fully saturated rings. The molecule has 80 valence electrons. The van der Waals surface area contributed by atoms with Gasteiger partial charge >= 0.3 is 0 Å². The normalized spacial score (nSPS) is 11.1. The van der Waals surface area contributed by atoms with Crippen LogP contribution in [0.25, 0.3) is 22.6 Å². The van der Waals surface area contributed by atoms with Crippen LogP contribution in [-0.4, -0.2) is 20.2 Å². The molecule has 0 aliphatic carbocycles. The van der Waals surface area contributed by atoms with Crippen LogP contribution in [0.1, 0.15) is 11.1 Å². The minimum Gasteiger partial charge on any atom is -0.337 e. The van der Waals surface area contributed by atoms with Crippen molar-refractivity contribution in [3.05, 3.63) is 35.5 Å². The third-order valence-electron chi connectivity index (χ3n) is 2.85. The van der Waals surface area contributed by atoms with Gasteiger partial charge in [0, 0.05) is 6.20 Å². The van der Waals surface area contributed by atoms with Gasteiger partial charge in [-0.3, -0.25) is 5.10 Å². The van der Waals surface area contributed by atoms with E-state index < -0.39 is 0 Å². The molecule has 0 aliphatic heterocycles. The SMILES string of the molecule is Cc1cc2nc(-c3ccn[nH]3)[nH]c2cc1C. The average Bonchev–Trinajstić information content (AvgIpc) is 2.86. The van der Waals surface area contributed by atoms with E-state index in [0.29, 0.717) is 0 Å². The standard InChI is InChI=1S/C12H12N4/c1-7-5-10-11(6-8(7)2)15-12(14-10)9-3-4-13-16-9/h3-6H,1-2H3,(H,13,16)(H,14,15). The van der Waals surface area contributed by atoms with Crippen molar-refractivity contribution >= 4 is 11.0 Å². The van der Waals surface area contributed by atoms with Crippen LogP contribution in [0, 0.1) is 13.8 Å². The van der Waals surface area contributed by atoms with E-state index in [1.165, 1.54) is 11.1 Å². The molecule has 16 heavy (non-hydrogen) atoms. The maximum atomic E-state index is 4.53. The second kappa shape index (κ2) is 3.20. The van der Waals surface area contributed by atoms with Gasteiger partial charge < -0.3 is 4.98 Å². The fourth-order valence-electron chi connectivity index (χ4n) is 1.78.